The highest BCUT2D eigenvalue weighted by Crippen LogP contribution is 2.54. The van der Waals surface area contributed by atoms with Crippen LogP contribution in [0.1, 0.15) is 12.5 Å². The number of benzene rings is 2. The Hall–Kier alpha value is -1.61. The normalized spacial score (nSPS) is 11.4. The number of hydrogen-bond donors (Lipinski definition) is 1. The van der Waals surface area contributed by atoms with E-state index in [2.05, 4.69) is 5.32 Å². The van der Waals surface area contributed by atoms with Crippen LogP contribution in [0.15, 0.2) is 60.9 Å². The Labute approximate surface area is 215 Å². The van der Waals surface area contributed by atoms with E-state index in [-0.39, 0.29) is 0 Å². The van der Waals surface area contributed by atoms with Crippen LogP contribution < -0.4 is 14.8 Å². The van der Waals surface area contributed by atoms with Crippen molar-refractivity contribution in [2.75, 3.05) is 19.0 Å². The maximum Gasteiger partial charge on any atom is 0.248 e. The van der Waals surface area contributed by atoms with Gasteiger partial charge in [-0.25, -0.2) is 0 Å². The third-order valence-corrected chi connectivity index (χ3v) is 7.43. The van der Waals surface area contributed by atoms with Gasteiger partial charge in [-0.3, -0.25) is 4.79 Å². The van der Waals surface area contributed by atoms with Crippen LogP contribution in [0.4, 0.5) is 25.1 Å². The molecule has 0 aliphatic heterocycles. The highest BCUT2D eigenvalue weighted by Gasteiger charge is 2.28. The molecule has 1 N–H and O–H groups in total. The molecule has 0 saturated carbocycles. The summed E-state index contributed by atoms with van der Waals surface area (Å²) in [6, 6.07) is 4.88. The van der Waals surface area contributed by atoms with E-state index in [4.69, 9.17) is 9.47 Å². The number of methoxy groups -OCH3 is 1. The number of anilines is 1. The fourth-order valence-corrected chi connectivity index (χ4v) is 5.44. The van der Waals surface area contributed by atoms with E-state index >= 15 is 0 Å². The van der Waals surface area contributed by atoms with Gasteiger partial charge in [0.2, 0.25) is 5.91 Å². The van der Waals surface area contributed by atoms with Crippen LogP contribution >= 0.6 is 60.7 Å². The minimum atomic E-state index is -0.844. The van der Waals surface area contributed by atoms with Crippen LogP contribution in [0, 0.1) is 0 Å². The first-order valence-electron chi connectivity index (χ1n) is 9.07. The predicted octanol–water partition coefficient (Wildman–Crippen LogP) is 9.18. The molecule has 0 unspecified atom stereocenters. The molecule has 0 saturated heterocycles. The number of amides is 1. The highest BCUT2D eigenvalue weighted by atomic mass is 32.2. The van der Waals surface area contributed by atoms with E-state index in [1.165, 1.54) is 13.2 Å². The van der Waals surface area contributed by atoms with Gasteiger partial charge in [-0.2, -0.15) is 19.4 Å². The lowest BCUT2D eigenvalue weighted by molar-refractivity contribution is -0.111. The van der Waals surface area contributed by atoms with Gasteiger partial charge in [0.1, 0.15) is 6.61 Å². The van der Waals surface area contributed by atoms with Gasteiger partial charge in [-0.1, -0.05) is 18.2 Å². The Bertz CT molecular complexity index is 1040. The van der Waals surface area contributed by atoms with E-state index in [1.807, 2.05) is 19.1 Å². The molecule has 0 aromatic heterocycles. The zero-order valence-electron chi connectivity index (χ0n) is 17.4. The number of rotatable bonds is 12. The minimum absolute atomic E-state index is 0.340. The lowest BCUT2D eigenvalue weighted by Crippen LogP contribution is -2.11. The molecule has 0 bridgehead atoms. The van der Waals surface area contributed by atoms with Crippen molar-refractivity contribution in [1.29, 1.82) is 0 Å². The summed E-state index contributed by atoms with van der Waals surface area (Å²) < 4.78 is 78.2. The summed E-state index contributed by atoms with van der Waals surface area (Å²) in [6.07, 6.45) is 6.08. The summed E-state index contributed by atoms with van der Waals surface area (Å²) in [7, 11) is 1.45. The number of carbonyl (C=O) groups is 1. The second-order valence-electron chi connectivity index (χ2n) is 6.02. The molecule has 2 rings (SSSR count). The van der Waals surface area contributed by atoms with Crippen molar-refractivity contribution in [3.63, 3.8) is 0 Å². The Morgan fingerprint density at radius 2 is 1.47 bits per heavy atom. The Kier molecular flexibility index (Phi) is 12.4. The summed E-state index contributed by atoms with van der Waals surface area (Å²) in [5, 5.41) is 2.22. The monoisotopic (exact) mass is 573 g/mol. The van der Waals surface area contributed by atoms with E-state index < -0.39 is 96.8 Å². The largest absolute Gasteiger partial charge is 0.493 e. The lowest BCUT2D eigenvalue weighted by atomic mass is 10.2. The van der Waals surface area contributed by atoms with Crippen molar-refractivity contribution in [2.24, 2.45) is 0 Å². The van der Waals surface area contributed by atoms with Crippen LogP contribution in [-0.4, -0.2) is 19.6 Å². The molecule has 14 heteroatoms. The van der Waals surface area contributed by atoms with E-state index in [0.29, 0.717) is 23.7 Å². The van der Waals surface area contributed by atoms with Crippen LogP contribution in [-0.2, 0) is 4.79 Å². The van der Waals surface area contributed by atoms with Crippen LogP contribution in [0.5, 0.6) is 11.5 Å². The van der Waals surface area contributed by atoms with E-state index in [0.717, 1.165) is 6.08 Å². The van der Waals surface area contributed by atoms with Crippen molar-refractivity contribution in [3.05, 3.63) is 42.0 Å². The maximum absolute atomic E-state index is 13.6. The standard InChI is InChI=1S/C20H16F5NO3S5/c1-3-4-9-29-12-7-5-11(10-13(12)28-2)6-8-14(27)26-15-16(30-21)18(32-23)20(34-25)19(33-24)17(15)31-22/h3-8,10H,9H2,1-2H3,(H,26,27). The molecule has 0 heterocycles. The summed E-state index contributed by atoms with van der Waals surface area (Å²) in [5.41, 5.74) is 0.0211. The third kappa shape index (κ3) is 6.97. The molecular weight excluding hydrogens is 558 g/mol. The molecule has 2 aromatic rings. The molecule has 0 aliphatic rings. The van der Waals surface area contributed by atoms with Gasteiger partial charge in [0.05, 0.1) is 98.0 Å². The average molecular weight is 574 g/mol. The Morgan fingerprint density at radius 3 is 1.97 bits per heavy atom. The molecule has 2 aromatic carbocycles. The third-order valence-electron chi connectivity index (χ3n) is 4.10. The molecule has 0 fully saturated rings. The summed E-state index contributed by atoms with van der Waals surface area (Å²) >= 11 is -2.72. The van der Waals surface area contributed by atoms with Gasteiger partial charge in [0, 0.05) is 6.08 Å². The molecule has 0 aliphatic carbocycles. The van der Waals surface area contributed by atoms with Crippen molar-refractivity contribution in [1.82, 2.24) is 0 Å². The Balaban J connectivity index is 2.35. The number of allylic oxidation sites excluding steroid dienone is 1. The van der Waals surface area contributed by atoms with Gasteiger partial charge < -0.3 is 14.8 Å². The number of ether oxygens (including phenoxy) is 2. The minimum Gasteiger partial charge on any atom is -0.493 e. The Morgan fingerprint density at radius 1 is 0.912 bits per heavy atom. The molecule has 0 spiro atoms. The maximum atomic E-state index is 13.6. The zero-order chi connectivity index (χ0) is 25.1. The summed E-state index contributed by atoms with van der Waals surface area (Å²) in [6.45, 7) is 2.19. The van der Waals surface area contributed by atoms with Crippen molar-refractivity contribution in [3.8, 4) is 11.5 Å². The summed E-state index contributed by atoms with van der Waals surface area (Å²) in [4.78, 5) is 9.44. The van der Waals surface area contributed by atoms with Gasteiger partial charge in [0.25, 0.3) is 0 Å². The summed E-state index contributed by atoms with van der Waals surface area (Å²) in [5.74, 6) is 0.0471. The van der Waals surface area contributed by atoms with Crippen LogP contribution in [0.3, 0.4) is 0 Å². The molecule has 0 atom stereocenters. The first-order valence-corrected chi connectivity index (χ1v) is 12.7. The highest BCUT2D eigenvalue weighted by molar-refractivity contribution is 8.00. The smallest absolute Gasteiger partial charge is 0.248 e. The van der Waals surface area contributed by atoms with Gasteiger partial charge >= 0.3 is 0 Å². The second-order valence-corrected chi connectivity index (χ2v) is 8.83. The molecular formula is C20H16F5NO3S5. The zero-order valence-corrected chi connectivity index (χ0v) is 21.5. The van der Waals surface area contributed by atoms with E-state index in [9.17, 15) is 24.2 Å². The molecule has 0 radical (unpaired) electrons. The fourth-order valence-electron chi connectivity index (χ4n) is 2.59. The second kappa shape index (κ2) is 14.7. The van der Waals surface area contributed by atoms with Gasteiger partial charge in [0.15, 0.2) is 11.5 Å². The predicted molar refractivity (Wildman–Crippen MR) is 132 cm³/mol. The van der Waals surface area contributed by atoms with Gasteiger partial charge in [-0.05, 0) is 30.7 Å². The first-order chi connectivity index (χ1) is 16.5. The molecule has 34 heavy (non-hydrogen) atoms. The average Bonchev–Trinajstić information content (AvgIpc) is 2.86. The molecule has 4 nitrogen and oxygen atoms in total. The SMILES string of the molecule is CC=CCOc1ccc(C=CC(=O)Nc2c(SF)c(SF)c(SF)c(SF)c2SF)cc1OC. The quantitative estimate of drug-likeness (QED) is 0.153. The van der Waals surface area contributed by atoms with E-state index in [1.54, 1.807) is 18.2 Å². The lowest BCUT2D eigenvalue weighted by Gasteiger charge is -2.17. The topological polar surface area (TPSA) is 47.6 Å². The fraction of sp³-hybridized carbons (Fsp3) is 0.150. The van der Waals surface area contributed by atoms with Crippen molar-refractivity contribution < 1.29 is 33.7 Å². The van der Waals surface area contributed by atoms with Crippen molar-refractivity contribution >= 4 is 78.4 Å². The first kappa shape index (κ1) is 28.6. The number of hydrogen-bond acceptors (Lipinski definition) is 8. The number of nitrogens with one attached hydrogen (secondary N) is 1. The van der Waals surface area contributed by atoms with Crippen molar-refractivity contribution in [2.45, 2.75) is 31.4 Å². The number of carbonyl (C=O) groups excluding carboxylic acids is 1. The molecule has 184 valence electrons. The molecule has 1 amide bonds. The van der Waals surface area contributed by atoms with Crippen LogP contribution in [0.25, 0.3) is 6.08 Å². The van der Waals surface area contributed by atoms with Gasteiger partial charge in [-0.15, -0.1) is 0 Å². The number of halogens is 5. The van der Waals surface area contributed by atoms with Crippen LogP contribution in [0.2, 0.25) is 0 Å².